The normalized spacial score (nSPS) is 15.8. The fourth-order valence-electron chi connectivity index (χ4n) is 6.83. The number of aliphatic hydroxyl groups excluding tert-OH is 1. The number of primary amides is 1. The van der Waals surface area contributed by atoms with Crippen molar-refractivity contribution >= 4 is 52.9 Å². The lowest BCUT2D eigenvalue weighted by Gasteiger charge is -2.31. The minimum atomic E-state index is -4.47. The molecule has 2 atom stereocenters. The monoisotopic (exact) mass is 901 g/mol. The van der Waals surface area contributed by atoms with Gasteiger partial charge in [0.2, 0.25) is 17.7 Å². The van der Waals surface area contributed by atoms with Crippen molar-refractivity contribution in [2.75, 3.05) is 36.9 Å². The number of nitrogens with one attached hydrogen (secondary N) is 5. The third-order valence-electron chi connectivity index (χ3n) is 9.97. The van der Waals surface area contributed by atoms with Crippen LogP contribution in [0.5, 0.6) is 5.75 Å². The summed E-state index contributed by atoms with van der Waals surface area (Å²) in [5.41, 5.74) is 6.08. The van der Waals surface area contributed by atoms with E-state index in [1.165, 1.54) is 59.5 Å². The average molecular weight is 902 g/mol. The summed E-state index contributed by atoms with van der Waals surface area (Å²) in [7, 11) is 0. The molecular formula is C41H38F3N11O10. The number of benzene rings is 2. The summed E-state index contributed by atoms with van der Waals surface area (Å²) in [6.07, 6.45) is -1.28. The van der Waals surface area contributed by atoms with E-state index in [9.17, 15) is 51.8 Å². The van der Waals surface area contributed by atoms with E-state index in [0.717, 1.165) is 11.2 Å². The first-order valence-electron chi connectivity index (χ1n) is 19.7. The van der Waals surface area contributed by atoms with Crippen LogP contribution in [0.3, 0.4) is 0 Å². The summed E-state index contributed by atoms with van der Waals surface area (Å²) < 4.78 is 50.1. The molecule has 0 bridgehead atoms. The molecule has 3 aromatic heterocycles. The smallest absolute Gasteiger partial charge is 0.405 e. The number of rotatable bonds is 17. The lowest BCUT2D eigenvalue weighted by Crippen LogP contribution is -2.53. The number of nitrogens with two attached hydrogens (primary N) is 1. The molecule has 338 valence electrons. The molecule has 1 fully saturated rings. The highest BCUT2D eigenvalue weighted by Gasteiger charge is 2.45. The average Bonchev–Trinajstić information content (AvgIpc) is 4.01. The number of fused-ring (bicyclic) bond motifs is 1. The SMILES string of the molecule is NC(=O)c1nn(-c2ccc(C(=O)NCCCCNC(=O)COc3cccc4c3C(=O)N(C3CCC(=O)NC3=O)C4O)cc2)cc1NC(=O)c1coc(-c2ccnc(NCC(F)(F)F)c2)n1. The van der Waals surface area contributed by atoms with Crippen LogP contribution in [0.1, 0.15) is 79.2 Å². The molecule has 0 radical (unpaired) electrons. The van der Waals surface area contributed by atoms with Gasteiger partial charge in [-0.3, -0.25) is 43.8 Å². The molecule has 0 saturated carbocycles. The van der Waals surface area contributed by atoms with Crippen molar-refractivity contribution in [3.63, 3.8) is 0 Å². The van der Waals surface area contributed by atoms with Gasteiger partial charge >= 0.3 is 6.18 Å². The predicted molar refractivity (Wildman–Crippen MR) is 218 cm³/mol. The van der Waals surface area contributed by atoms with E-state index >= 15 is 0 Å². The molecule has 65 heavy (non-hydrogen) atoms. The zero-order valence-corrected chi connectivity index (χ0v) is 33.8. The number of halogens is 3. The van der Waals surface area contributed by atoms with Gasteiger partial charge in [-0.2, -0.15) is 18.3 Å². The number of nitrogens with zero attached hydrogens (tertiary/aromatic N) is 5. The predicted octanol–water partition coefficient (Wildman–Crippen LogP) is 2.20. The lowest BCUT2D eigenvalue weighted by atomic mass is 10.0. The third-order valence-corrected chi connectivity index (χ3v) is 9.97. The van der Waals surface area contributed by atoms with Crippen molar-refractivity contribution in [1.82, 2.24) is 40.6 Å². The van der Waals surface area contributed by atoms with Gasteiger partial charge in [0.05, 0.1) is 23.1 Å². The molecule has 5 aromatic rings. The molecule has 2 unspecified atom stereocenters. The second-order valence-corrected chi connectivity index (χ2v) is 14.5. The quantitative estimate of drug-likeness (QED) is 0.0520. The number of ether oxygens (including phenoxy) is 1. The van der Waals surface area contributed by atoms with E-state index in [1.807, 2.05) is 0 Å². The number of anilines is 2. The van der Waals surface area contributed by atoms with E-state index in [-0.39, 0.29) is 83.1 Å². The van der Waals surface area contributed by atoms with Crippen LogP contribution in [-0.2, 0) is 14.4 Å². The van der Waals surface area contributed by atoms with Crippen LogP contribution in [0, 0.1) is 0 Å². The lowest BCUT2D eigenvalue weighted by molar-refractivity contribution is -0.139. The van der Waals surface area contributed by atoms with E-state index in [2.05, 4.69) is 41.7 Å². The van der Waals surface area contributed by atoms with Gasteiger partial charge in [-0.1, -0.05) is 12.1 Å². The molecule has 1 saturated heterocycles. The number of aliphatic hydroxyl groups is 1. The number of carbonyl (C=O) groups excluding carboxylic acids is 7. The number of hydrogen-bond donors (Lipinski definition) is 7. The molecule has 2 aromatic carbocycles. The molecular weight excluding hydrogens is 864 g/mol. The minimum absolute atomic E-state index is 0.0112. The number of imide groups is 1. The summed E-state index contributed by atoms with van der Waals surface area (Å²) in [5, 5.41) is 27.3. The van der Waals surface area contributed by atoms with Crippen LogP contribution in [0.15, 0.2) is 77.7 Å². The number of alkyl halides is 3. The molecule has 5 heterocycles. The maximum atomic E-state index is 13.3. The first-order chi connectivity index (χ1) is 31.1. The Hall–Kier alpha value is -8.15. The highest BCUT2D eigenvalue weighted by atomic mass is 19.4. The zero-order chi connectivity index (χ0) is 46.4. The Morgan fingerprint density at radius 3 is 2.48 bits per heavy atom. The first-order valence-corrected chi connectivity index (χ1v) is 19.7. The molecule has 24 heteroatoms. The second kappa shape index (κ2) is 19.1. The largest absolute Gasteiger partial charge is 0.483 e. The third kappa shape index (κ3) is 10.6. The van der Waals surface area contributed by atoms with Crippen molar-refractivity contribution in [3.8, 4) is 22.9 Å². The van der Waals surface area contributed by atoms with Crippen LogP contribution < -0.4 is 37.1 Å². The number of aromatic nitrogens is 4. The van der Waals surface area contributed by atoms with E-state index in [4.69, 9.17) is 14.9 Å². The van der Waals surface area contributed by atoms with Gasteiger partial charge < -0.3 is 41.3 Å². The summed E-state index contributed by atoms with van der Waals surface area (Å²) in [5.74, 6) is -4.61. The van der Waals surface area contributed by atoms with E-state index in [0.29, 0.717) is 24.1 Å². The number of oxazole rings is 1. The fraction of sp³-hybridized carbons (Fsp3) is 0.268. The Morgan fingerprint density at radius 1 is 1.00 bits per heavy atom. The fourth-order valence-corrected chi connectivity index (χ4v) is 6.83. The Labute approximate surface area is 364 Å². The Morgan fingerprint density at radius 2 is 1.75 bits per heavy atom. The molecule has 2 aliphatic heterocycles. The summed E-state index contributed by atoms with van der Waals surface area (Å²) in [4.78, 5) is 96.8. The van der Waals surface area contributed by atoms with Gasteiger partial charge in [0, 0.05) is 42.4 Å². The topological polar surface area (TPSA) is 295 Å². The number of piperidine rings is 1. The number of hydrogen-bond acceptors (Lipinski definition) is 14. The molecule has 7 rings (SSSR count). The molecule has 2 aliphatic rings. The first kappa shape index (κ1) is 44.9. The number of unbranched alkanes of at least 4 members (excludes halogenated alkanes) is 1. The van der Waals surface area contributed by atoms with E-state index < -0.39 is 67.0 Å². The Bertz CT molecular complexity index is 2670. The van der Waals surface area contributed by atoms with Gasteiger partial charge in [0.25, 0.3) is 29.5 Å². The van der Waals surface area contributed by atoms with Gasteiger partial charge in [0.1, 0.15) is 30.4 Å². The highest BCUT2D eigenvalue weighted by Crippen LogP contribution is 2.39. The van der Waals surface area contributed by atoms with Crippen molar-refractivity contribution in [1.29, 1.82) is 0 Å². The molecule has 21 nitrogen and oxygen atoms in total. The molecule has 8 N–H and O–H groups in total. The molecule has 0 spiro atoms. The standard InChI is InChI=1S/C41H38F3N11O10/c42-41(43,44)20-49-29-16-22(12-15-46-29)38-51-26(18-65-38)36(60)50-25-17-54(53-33(25)34(45)58)23-8-6-21(7-9-23)35(59)48-14-2-1-13-47-31(57)19-64-28-5-3-4-24-32(28)40(63)55(39(24)62)27-10-11-30(56)52-37(27)61/h3-9,12,15-18,27,39,62H,1-2,10-11,13-14,19-20H2,(H2,45,58)(H,46,49)(H,47,57)(H,48,59)(H,50,60)(H,52,56,61). The van der Waals surface area contributed by atoms with Crippen LogP contribution >= 0.6 is 0 Å². The summed E-state index contributed by atoms with van der Waals surface area (Å²) in [6, 6.07) is 12.3. The van der Waals surface area contributed by atoms with Crippen molar-refractivity contribution in [2.45, 2.75) is 44.1 Å². The number of amides is 7. The van der Waals surface area contributed by atoms with Crippen molar-refractivity contribution < 1.29 is 61.0 Å². The number of pyridine rings is 1. The Balaban J connectivity index is 0.848. The summed E-state index contributed by atoms with van der Waals surface area (Å²) in [6.45, 7) is -1.23. The van der Waals surface area contributed by atoms with Gasteiger partial charge in [-0.05, 0) is 61.7 Å². The van der Waals surface area contributed by atoms with Gasteiger partial charge in [-0.15, -0.1) is 0 Å². The van der Waals surface area contributed by atoms with Crippen LogP contribution in [0.25, 0.3) is 17.1 Å². The van der Waals surface area contributed by atoms with Crippen LogP contribution in [-0.4, -0.2) is 110 Å². The van der Waals surface area contributed by atoms with Crippen molar-refractivity contribution in [2.24, 2.45) is 5.73 Å². The number of carbonyl (C=O) groups is 7. The van der Waals surface area contributed by atoms with Crippen molar-refractivity contribution in [3.05, 3.63) is 101 Å². The summed E-state index contributed by atoms with van der Waals surface area (Å²) >= 11 is 0. The Kier molecular flexibility index (Phi) is 13.2. The molecule has 7 amide bonds. The van der Waals surface area contributed by atoms with Crippen LogP contribution in [0.2, 0.25) is 0 Å². The zero-order valence-electron chi connectivity index (χ0n) is 33.8. The second-order valence-electron chi connectivity index (χ2n) is 14.5. The maximum absolute atomic E-state index is 13.3. The highest BCUT2D eigenvalue weighted by molar-refractivity contribution is 6.08. The van der Waals surface area contributed by atoms with Gasteiger partial charge in [0.15, 0.2) is 24.2 Å². The van der Waals surface area contributed by atoms with E-state index in [1.54, 1.807) is 12.1 Å². The van der Waals surface area contributed by atoms with Crippen LogP contribution in [0.4, 0.5) is 24.7 Å². The molecule has 0 aliphatic carbocycles. The van der Waals surface area contributed by atoms with Gasteiger partial charge in [-0.25, -0.2) is 14.6 Å². The maximum Gasteiger partial charge on any atom is 0.405 e. The minimum Gasteiger partial charge on any atom is -0.483 e.